The quantitative estimate of drug-likeness (QED) is 0.209. The molecule has 4 rings (SSSR count). The number of hydrogen-bond donors (Lipinski definition) is 1. The van der Waals surface area contributed by atoms with E-state index >= 15 is 0 Å². The number of alkyl halides is 3. The predicted molar refractivity (Wildman–Crippen MR) is 146 cm³/mol. The summed E-state index contributed by atoms with van der Waals surface area (Å²) < 4.78 is 46.2. The molecule has 0 fully saturated rings. The van der Waals surface area contributed by atoms with Crippen molar-refractivity contribution in [3.05, 3.63) is 76.8 Å². The van der Waals surface area contributed by atoms with Gasteiger partial charge in [-0.25, -0.2) is 4.98 Å². The number of nitrogens with one attached hydrogen (secondary N) is 1. The molecule has 0 aliphatic rings. The summed E-state index contributed by atoms with van der Waals surface area (Å²) >= 11 is 6.27. The highest BCUT2D eigenvalue weighted by molar-refractivity contribution is 6.31. The molecule has 4 aromatic rings. The number of pyridine rings is 1. The Bertz CT molecular complexity index is 1370. The smallest absolute Gasteiger partial charge is 0.416 e. The van der Waals surface area contributed by atoms with Gasteiger partial charge < -0.3 is 15.0 Å². The molecule has 8 heteroatoms. The molecule has 0 radical (unpaired) electrons. The lowest BCUT2D eigenvalue weighted by Crippen LogP contribution is -2.25. The Morgan fingerprint density at radius 3 is 2.46 bits per heavy atom. The minimum absolute atomic E-state index is 0.353. The van der Waals surface area contributed by atoms with Crippen molar-refractivity contribution in [2.75, 3.05) is 32.1 Å². The van der Waals surface area contributed by atoms with Crippen LogP contribution in [-0.4, -0.2) is 36.6 Å². The van der Waals surface area contributed by atoms with Crippen LogP contribution in [0.3, 0.4) is 0 Å². The Labute approximate surface area is 220 Å². The number of fused-ring (bicyclic) bond motifs is 2. The number of benzene rings is 3. The van der Waals surface area contributed by atoms with Crippen molar-refractivity contribution in [3.8, 4) is 5.75 Å². The van der Waals surface area contributed by atoms with Crippen LogP contribution in [0.15, 0.2) is 60.7 Å². The molecule has 0 aliphatic heterocycles. The zero-order chi connectivity index (χ0) is 26.6. The SMILES string of the molecule is CCN(CC)CCCC(Nc1c2ccc(Cl)cc2nc2ccc(OC)cc12)c1cccc(C(F)(F)F)c1. The highest BCUT2D eigenvalue weighted by Crippen LogP contribution is 2.38. The molecule has 0 bridgehead atoms. The first kappa shape index (κ1) is 27.0. The van der Waals surface area contributed by atoms with Crippen LogP contribution in [0.2, 0.25) is 5.02 Å². The van der Waals surface area contributed by atoms with Gasteiger partial charge in [-0.2, -0.15) is 13.2 Å². The maximum absolute atomic E-state index is 13.6. The fourth-order valence-electron chi connectivity index (χ4n) is 4.67. The first-order valence-corrected chi connectivity index (χ1v) is 12.8. The number of methoxy groups -OCH3 is 1. The van der Waals surface area contributed by atoms with Crippen molar-refractivity contribution in [1.82, 2.24) is 9.88 Å². The van der Waals surface area contributed by atoms with Crippen molar-refractivity contribution in [2.45, 2.75) is 38.9 Å². The van der Waals surface area contributed by atoms with E-state index in [1.165, 1.54) is 12.1 Å². The fourth-order valence-corrected chi connectivity index (χ4v) is 4.83. The number of nitrogens with zero attached hydrogens (tertiary/aromatic N) is 2. The highest BCUT2D eigenvalue weighted by Gasteiger charge is 2.31. The number of aromatic nitrogens is 1. The summed E-state index contributed by atoms with van der Waals surface area (Å²) in [6.07, 6.45) is -2.94. The van der Waals surface area contributed by atoms with E-state index in [1.807, 2.05) is 24.3 Å². The Morgan fingerprint density at radius 1 is 0.973 bits per heavy atom. The molecule has 0 saturated heterocycles. The van der Waals surface area contributed by atoms with E-state index in [4.69, 9.17) is 21.3 Å². The van der Waals surface area contributed by atoms with Gasteiger partial charge in [0, 0.05) is 15.8 Å². The van der Waals surface area contributed by atoms with Crippen LogP contribution in [0.5, 0.6) is 5.75 Å². The summed E-state index contributed by atoms with van der Waals surface area (Å²) in [5.74, 6) is 0.669. The van der Waals surface area contributed by atoms with Gasteiger partial charge in [-0.3, -0.25) is 0 Å². The molecule has 0 saturated carbocycles. The van der Waals surface area contributed by atoms with Crippen molar-refractivity contribution >= 4 is 39.1 Å². The minimum Gasteiger partial charge on any atom is -0.497 e. The first-order valence-electron chi connectivity index (χ1n) is 12.5. The molecule has 0 amide bonds. The standard InChI is InChI=1S/C29H31ClF3N3O/c1-4-36(5-2)15-7-10-25(19-8-6-9-20(16-19)29(31,32)33)35-28-23-13-11-21(30)17-27(23)34-26-14-12-22(37-3)18-24(26)28/h6,8-9,11-14,16-18,25H,4-5,7,10,15H2,1-3H3,(H,34,35). The number of rotatable bonds is 10. The van der Waals surface area contributed by atoms with E-state index in [1.54, 1.807) is 25.3 Å². The Hall–Kier alpha value is -3.03. The monoisotopic (exact) mass is 529 g/mol. The van der Waals surface area contributed by atoms with Crippen LogP contribution in [0.25, 0.3) is 21.8 Å². The predicted octanol–water partition coefficient (Wildman–Crippen LogP) is 8.34. The third kappa shape index (κ3) is 6.28. The number of ether oxygens (including phenoxy) is 1. The summed E-state index contributed by atoms with van der Waals surface area (Å²) in [6.45, 7) is 6.95. The second-order valence-corrected chi connectivity index (χ2v) is 9.46. The van der Waals surface area contributed by atoms with Gasteiger partial charge in [-0.05, 0) is 86.6 Å². The summed E-state index contributed by atoms with van der Waals surface area (Å²) in [7, 11) is 1.60. The average molecular weight is 530 g/mol. The molecule has 1 heterocycles. The molecule has 37 heavy (non-hydrogen) atoms. The maximum Gasteiger partial charge on any atom is 0.416 e. The number of hydrogen-bond acceptors (Lipinski definition) is 4. The van der Waals surface area contributed by atoms with Crippen LogP contribution in [-0.2, 0) is 6.18 Å². The number of halogens is 4. The zero-order valence-corrected chi connectivity index (χ0v) is 22.0. The van der Waals surface area contributed by atoms with Gasteiger partial charge in [0.25, 0.3) is 0 Å². The zero-order valence-electron chi connectivity index (χ0n) is 21.2. The lowest BCUT2D eigenvalue weighted by atomic mass is 9.97. The van der Waals surface area contributed by atoms with Crippen LogP contribution < -0.4 is 10.1 Å². The fraction of sp³-hybridized carbons (Fsp3) is 0.345. The van der Waals surface area contributed by atoms with Gasteiger partial charge in [-0.15, -0.1) is 0 Å². The first-order chi connectivity index (χ1) is 17.7. The van der Waals surface area contributed by atoms with Crippen LogP contribution in [0, 0.1) is 0 Å². The largest absolute Gasteiger partial charge is 0.497 e. The summed E-state index contributed by atoms with van der Waals surface area (Å²) in [5.41, 5.74) is 2.17. The second-order valence-electron chi connectivity index (χ2n) is 9.02. The van der Waals surface area contributed by atoms with Gasteiger partial charge in [0.15, 0.2) is 0 Å². The van der Waals surface area contributed by atoms with Gasteiger partial charge in [0.2, 0.25) is 0 Å². The summed E-state index contributed by atoms with van der Waals surface area (Å²) in [6, 6.07) is 16.3. The normalized spacial score (nSPS) is 12.9. The molecule has 0 aliphatic carbocycles. The Balaban J connectivity index is 1.82. The molecule has 196 valence electrons. The minimum atomic E-state index is -4.41. The molecular formula is C29H31ClF3N3O. The van der Waals surface area contributed by atoms with Gasteiger partial charge in [-0.1, -0.05) is 37.6 Å². The third-order valence-corrected chi connectivity index (χ3v) is 6.97. The Morgan fingerprint density at radius 2 is 1.76 bits per heavy atom. The molecular weight excluding hydrogens is 499 g/mol. The van der Waals surface area contributed by atoms with E-state index < -0.39 is 11.7 Å². The van der Waals surface area contributed by atoms with Crippen LogP contribution in [0.1, 0.15) is 43.9 Å². The van der Waals surface area contributed by atoms with Crippen molar-refractivity contribution in [1.29, 1.82) is 0 Å². The second kappa shape index (κ2) is 11.6. The van der Waals surface area contributed by atoms with Crippen LogP contribution >= 0.6 is 11.6 Å². The van der Waals surface area contributed by atoms with Crippen molar-refractivity contribution < 1.29 is 17.9 Å². The van der Waals surface area contributed by atoms with Gasteiger partial charge >= 0.3 is 6.18 Å². The topological polar surface area (TPSA) is 37.4 Å². The summed E-state index contributed by atoms with van der Waals surface area (Å²) in [4.78, 5) is 7.09. The molecule has 4 nitrogen and oxygen atoms in total. The lowest BCUT2D eigenvalue weighted by Gasteiger charge is -2.25. The molecule has 0 spiro atoms. The number of anilines is 1. The van der Waals surface area contributed by atoms with E-state index in [2.05, 4.69) is 24.1 Å². The molecule has 1 aromatic heterocycles. The van der Waals surface area contributed by atoms with Gasteiger partial charge in [0.05, 0.1) is 35.4 Å². The van der Waals surface area contributed by atoms with E-state index in [9.17, 15) is 13.2 Å². The third-order valence-electron chi connectivity index (χ3n) is 6.74. The van der Waals surface area contributed by atoms with Crippen molar-refractivity contribution in [2.24, 2.45) is 0 Å². The van der Waals surface area contributed by atoms with E-state index in [0.717, 1.165) is 54.1 Å². The molecule has 3 aromatic carbocycles. The van der Waals surface area contributed by atoms with E-state index in [0.29, 0.717) is 28.3 Å². The van der Waals surface area contributed by atoms with Gasteiger partial charge in [0.1, 0.15) is 5.75 Å². The van der Waals surface area contributed by atoms with Crippen LogP contribution in [0.4, 0.5) is 18.9 Å². The van der Waals surface area contributed by atoms with Crippen molar-refractivity contribution in [3.63, 3.8) is 0 Å². The molecule has 1 unspecified atom stereocenters. The molecule has 1 atom stereocenters. The maximum atomic E-state index is 13.6. The highest BCUT2D eigenvalue weighted by atomic mass is 35.5. The summed E-state index contributed by atoms with van der Waals surface area (Å²) in [5, 5.41) is 5.85. The average Bonchev–Trinajstić information content (AvgIpc) is 2.89. The Kier molecular flexibility index (Phi) is 8.45. The molecule has 1 N–H and O–H groups in total. The lowest BCUT2D eigenvalue weighted by molar-refractivity contribution is -0.137. The van der Waals surface area contributed by atoms with E-state index in [-0.39, 0.29) is 6.04 Å².